The van der Waals surface area contributed by atoms with Crippen LogP contribution in [0.1, 0.15) is 0 Å². The van der Waals surface area contributed by atoms with Crippen LogP contribution in [0.25, 0.3) is 0 Å². The Bertz CT molecular complexity index is 175. The molecule has 0 saturated carbocycles. The first-order valence-electron chi connectivity index (χ1n) is 2.22. The molecular weight excluding hydrogens is 476 g/mol. The van der Waals surface area contributed by atoms with Crippen molar-refractivity contribution in [1.29, 1.82) is 0 Å². The van der Waals surface area contributed by atoms with Crippen LogP contribution in [0.5, 0.6) is 0 Å². The van der Waals surface area contributed by atoms with Gasteiger partial charge in [-0.1, -0.05) is 61.2 Å². The number of benzene rings is 1. The molecule has 0 atom stereocenters. The van der Waals surface area contributed by atoms with E-state index >= 15 is 0 Å². The second kappa shape index (κ2) is 9.59. The summed E-state index contributed by atoms with van der Waals surface area (Å²) in [7, 11) is 0. The summed E-state index contributed by atoms with van der Waals surface area (Å²) in [5, 5.41) is 0. The molecule has 0 N–H and O–H groups in total. The summed E-state index contributed by atoms with van der Waals surface area (Å²) in [4.78, 5) is 0. The fraction of sp³-hybridized carbons (Fsp3) is 0. The molecule has 0 aromatic heterocycles. The Morgan fingerprint density at radius 3 is 1.50 bits per heavy atom. The van der Waals surface area contributed by atoms with Crippen molar-refractivity contribution in [1.82, 2.24) is 0 Å². The molecule has 0 saturated heterocycles. The predicted octanol–water partition coefficient (Wildman–Crippen LogP) is 4.67. The Morgan fingerprint density at radius 2 is 1.25 bits per heavy atom. The molecule has 0 unspecified atom stereocenters. The van der Waals surface area contributed by atoms with Gasteiger partial charge in [0.05, 0.1) is 0 Å². The predicted molar refractivity (Wildman–Crippen MR) is 61.2 cm³/mol. The molecule has 0 nitrogen and oxygen atoms in total. The Kier molecular flexibility index (Phi) is 15.6. The number of halogens is 3. The molecular formula is C8H8Br3Ce. The van der Waals surface area contributed by atoms with Crippen molar-refractivity contribution >= 4 is 47.8 Å². The van der Waals surface area contributed by atoms with Crippen LogP contribution in [0.4, 0.5) is 0 Å². The topological polar surface area (TPSA) is 0 Å². The van der Waals surface area contributed by atoms with Crippen LogP contribution >= 0.6 is 47.8 Å². The third-order valence-corrected chi connectivity index (χ3v) is 2.08. The minimum absolute atomic E-state index is 0. The summed E-state index contributed by atoms with van der Waals surface area (Å²) >= 11 is 9.93. The van der Waals surface area contributed by atoms with Gasteiger partial charge in [0, 0.05) is 0 Å². The molecule has 0 heterocycles. The summed E-state index contributed by atoms with van der Waals surface area (Å²) in [6.07, 6.45) is 0. The summed E-state index contributed by atoms with van der Waals surface area (Å²) < 4.78 is 2.94. The van der Waals surface area contributed by atoms with Crippen LogP contribution < -0.4 is 0 Å². The first kappa shape index (κ1) is 19.6. The van der Waals surface area contributed by atoms with E-state index in [0.29, 0.717) is 0 Å². The van der Waals surface area contributed by atoms with Gasteiger partial charge >= 0.3 is 41.7 Å². The van der Waals surface area contributed by atoms with E-state index in [9.17, 15) is 0 Å². The third-order valence-electron chi connectivity index (χ3n) is 0.768. The zero-order chi connectivity index (χ0) is 6.85. The summed E-state index contributed by atoms with van der Waals surface area (Å²) in [5.41, 5.74) is 0. The molecule has 1 radical (unpaired) electrons. The second-order valence-electron chi connectivity index (χ2n) is 1.49. The molecule has 12 heavy (non-hydrogen) atoms. The Hall–Kier alpha value is 2.04. The van der Waals surface area contributed by atoms with Gasteiger partial charge in [-0.15, -0.1) is 12.1 Å². The van der Waals surface area contributed by atoms with Crippen LogP contribution in [0.3, 0.4) is 0 Å². The minimum atomic E-state index is 0. The molecule has 0 amide bonds. The van der Waals surface area contributed by atoms with E-state index < -0.39 is 0 Å². The zero-order valence-electron chi connectivity index (χ0n) is 6.79. The van der Waals surface area contributed by atoms with Crippen molar-refractivity contribution in [2.24, 2.45) is 0 Å². The van der Waals surface area contributed by atoms with E-state index in [1.54, 1.807) is 0 Å². The largest absolute Gasteiger partial charge is 3.00 e. The van der Waals surface area contributed by atoms with Crippen molar-refractivity contribution in [3.8, 4) is 0 Å². The van der Waals surface area contributed by atoms with Gasteiger partial charge in [0.15, 0.2) is 0 Å². The maximum Gasteiger partial charge on any atom is 3.00 e. The normalized spacial score (nSPS) is 7.25. The first-order valence-corrected chi connectivity index (χ1v) is 4.60. The third kappa shape index (κ3) is 7.44. The standard InChI is InChI=1S/C6H2Br3.2CH3.Ce/c7-4-1-5(8)3-6(9)2-4;;;/h1-2H;2*1H3;/q3*-1;+3. The summed E-state index contributed by atoms with van der Waals surface area (Å²) in [6.45, 7) is 0. The van der Waals surface area contributed by atoms with Crippen LogP contribution in [-0.4, -0.2) is 0 Å². The quantitative estimate of drug-likeness (QED) is 0.470. The maximum atomic E-state index is 3.33. The van der Waals surface area contributed by atoms with Crippen LogP contribution in [-0.2, 0) is 0 Å². The molecule has 65 valence electrons. The average Bonchev–Trinajstić information content (AvgIpc) is 1.59. The van der Waals surface area contributed by atoms with E-state index in [1.807, 2.05) is 12.1 Å². The maximum absolute atomic E-state index is 3.33. The number of hydrogen-bond acceptors (Lipinski definition) is 0. The Balaban J connectivity index is -0.000000270. The van der Waals surface area contributed by atoms with E-state index in [0.717, 1.165) is 13.4 Å². The van der Waals surface area contributed by atoms with Gasteiger partial charge in [-0.3, -0.25) is 0 Å². The summed E-state index contributed by atoms with van der Waals surface area (Å²) in [5.74, 6) is 0. The fourth-order valence-electron chi connectivity index (χ4n) is 0.470. The van der Waals surface area contributed by atoms with Crippen molar-refractivity contribution in [2.45, 2.75) is 0 Å². The van der Waals surface area contributed by atoms with E-state index in [2.05, 4.69) is 53.9 Å². The smallest absolute Gasteiger partial charge is 0.358 e. The molecule has 0 bridgehead atoms. The molecule has 1 rings (SSSR count). The van der Waals surface area contributed by atoms with Crippen LogP contribution in [0, 0.1) is 62.7 Å². The molecule has 0 aliphatic carbocycles. The van der Waals surface area contributed by atoms with Crippen molar-refractivity contribution in [3.05, 3.63) is 46.5 Å². The molecule has 0 fully saturated rings. The van der Waals surface area contributed by atoms with Crippen molar-refractivity contribution < 1.29 is 41.7 Å². The molecule has 4 heteroatoms. The zero-order valence-corrected chi connectivity index (χ0v) is 14.7. The fourth-order valence-corrected chi connectivity index (χ4v) is 2.73. The van der Waals surface area contributed by atoms with Gasteiger partial charge in [-0.25, -0.2) is 0 Å². The SMILES string of the molecule is Brc1[c-]c(Br)cc(Br)c1.[CH3-].[CH3-].[Ce+3]. The van der Waals surface area contributed by atoms with Crippen LogP contribution in [0.15, 0.2) is 25.6 Å². The van der Waals surface area contributed by atoms with E-state index in [4.69, 9.17) is 0 Å². The monoisotopic (exact) mass is 481 g/mol. The van der Waals surface area contributed by atoms with Crippen LogP contribution in [0.2, 0.25) is 0 Å². The molecule has 1 aromatic rings. The van der Waals surface area contributed by atoms with Gasteiger partial charge in [-0.05, 0) is 0 Å². The Morgan fingerprint density at radius 1 is 0.917 bits per heavy atom. The number of hydrogen-bond donors (Lipinski definition) is 0. The molecule has 1 aromatic carbocycles. The van der Waals surface area contributed by atoms with Crippen molar-refractivity contribution in [3.63, 3.8) is 0 Å². The van der Waals surface area contributed by atoms with Gasteiger partial charge in [-0.2, -0.15) is 6.07 Å². The van der Waals surface area contributed by atoms with E-state index in [1.165, 1.54) is 0 Å². The van der Waals surface area contributed by atoms with Gasteiger partial charge in [0.25, 0.3) is 0 Å². The molecule has 0 aliphatic heterocycles. The molecule has 0 aliphatic rings. The second-order valence-corrected chi connectivity index (χ2v) is 4.12. The summed E-state index contributed by atoms with van der Waals surface area (Å²) in [6, 6.07) is 6.88. The van der Waals surface area contributed by atoms with E-state index in [-0.39, 0.29) is 56.6 Å². The minimum Gasteiger partial charge on any atom is -0.358 e. The molecule has 0 spiro atoms. The first-order chi connectivity index (χ1) is 4.18. The van der Waals surface area contributed by atoms with Gasteiger partial charge in [0.2, 0.25) is 0 Å². The number of rotatable bonds is 0. The van der Waals surface area contributed by atoms with Gasteiger partial charge in [0.1, 0.15) is 0 Å². The Labute approximate surface area is 134 Å². The van der Waals surface area contributed by atoms with Crippen molar-refractivity contribution in [2.75, 3.05) is 0 Å². The average molecular weight is 484 g/mol. The van der Waals surface area contributed by atoms with Gasteiger partial charge < -0.3 is 14.9 Å².